The van der Waals surface area contributed by atoms with E-state index in [0.717, 1.165) is 36.1 Å². The van der Waals surface area contributed by atoms with Crippen LogP contribution in [0.5, 0.6) is 0 Å². The van der Waals surface area contributed by atoms with Crippen molar-refractivity contribution in [1.82, 2.24) is 0 Å². The van der Waals surface area contributed by atoms with E-state index in [1.807, 2.05) is 31.2 Å². The highest BCUT2D eigenvalue weighted by Gasteiger charge is 1.98. The molecule has 0 atom stereocenters. The summed E-state index contributed by atoms with van der Waals surface area (Å²) in [5.41, 5.74) is 9.08. The minimum Gasteiger partial charge on any atom is -0.384 e. The number of aliphatic imine (C=N–C) groups is 1. The molecule has 0 unspecified atom stereocenters. The van der Waals surface area contributed by atoms with Gasteiger partial charge in [-0.05, 0) is 18.9 Å². The molecule has 0 aliphatic rings. The van der Waals surface area contributed by atoms with Crippen LogP contribution in [-0.2, 0) is 0 Å². The van der Waals surface area contributed by atoms with Crippen LogP contribution in [0.3, 0.4) is 0 Å². The number of hydrogen-bond donors (Lipinski definition) is 1. The summed E-state index contributed by atoms with van der Waals surface area (Å²) in [5.74, 6) is 0.627. The second kappa shape index (κ2) is 6.11. The summed E-state index contributed by atoms with van der Waals surface area (Å²) >= 11 is 0. The van der Waals surface area contributed by atoms with E-state index in [1.165, 1.54) is 0 Å². The number of nitrogens with two attached hydrogens (primary N) is 1. The lowest BCUT2D eigenvalue weighted by molar-refractivity contribution is 0.807. The van der Waals surface area contributed by atoms with Crippen LogP contribution in [0, 0.1) is 0 Å². The largest absolute Gasteiger partial charge is 0.384 e. The molecule has 2 N–H and O–H groups in total. The quantitative estimate of drug-likeness (QED) is 0.458. The van der Waals surface area contributed by atoms with Crippen LogP contribution in [-0.4, -0.2) is 12.4 Å². The maximum atomic E-state index is 5.89. The van der Waals surface area contributed by atoms with E-state index in [0.29, 0.717) is 5.84 Å². The fourth-order valence-corrected chi connectivity index (χ4v) is 1.37. The molecule has 1 aromatic rings. The number of benzene rings is 1. The topological polar surface area (TPSA) is 38.4 Å². The molecule has 2 nitrogen and oxygen atoms in total. The van der Waals surface area contributed by atoms with Gasteiger partial charge in [-0.3, -0.25) is 4.99 Å². The molecule has 0 fully saturated rings. The minimum absolute atomic E-state index is 0.627. The van der Waals surface area contributed by atoms with Crippen molar-refractivity contribution in [2.75, 3.05) is 6.54 Å². The van der Waals surface area contributed by atoms with Crippen molar-refractivity contribution in [1.29, 1.82) is 0 Å². The summed E-state index contributed by atoms with van der Waals surface area (Å²) in [7, 11) is 0. The molecule has 1 aromatic carbocycles. The van der Waals surface area contributed by atoms with Crippen molar-refractivity contribution in [3.63, 3.8) is 0 Å². The molecule has 1 rings (SSSR count). The summed E-state index contributed by atoms with van der Waals surface area (Å²) in [6.45, 7) is 8.85. The van der Waals surface area contributed by atoms with E-state index in [9.17, 15) is 0 Å². The van der Waals surface area contributed by atoms with Gasteiger partial charge in [0, 0.05) is 12.1 Å². The zero-order chi connectivity index (χ0) is 12.0. The van der Waals surface area contributed by atoms with Gasteiger partial charge in [0.05, 0.1) is 0 Å². The zero-order valence-corrected chi connectivity index (χ0v) is 10.2. The van der Waals surface area contributed by atoms with Crippen molar-refractivity contribution >= 4 is 11.4 Å². The van der Waals surface area contributed by atoms with Gasteiger partial charge >= 0.3 is 0 Å². The molecule has 0 bridgehead atoms. The molecule has 0 spiro atoms. The van der Waals surface area contributed by atoms with Gasteiger partial charge < -0.3 is 5.73 Å². The number of unbranched alkanes of at least 4 members (excludes halogenated alkanes) is 1. The average Bonchev–Trinajstić information content (AvgIpc) is 2.29. The standard InChI is InChI=1S/C14H20N2/c1-4-5-10-16-14(15)13-8-6-12(7-9-13)11(2)3/h6-9H,2,4-5,10H2,1,3H3,(H2,15,16). The monoisotopic (exact) mass is 216 g/mol. The summed E-state index contributed by atoms with van der Waals surface area (Å²) in [5, 5.41) is 0. The molecular weight excluding hydrogens is 196 g/mol. The first-order valence-corrected chi connectivity index (χ1v) is 5.71. The molecule has 0 aliphatic carbocycles. The Bertz CT molecular complexity index is 374. The average molecular weight is 216 g/mol. The van der Waals surface area contributed by atoms with Gasteiger partial charge in [-0.25, -0.2) is 0 Å². The van der Waals surface area contributed by atoms with Gasteiger partial charge in [0.25, 0.3) is 0 Å². The summed E-state index contributed by atoms with van der Waals surface area (Å²) in [6, 6.07) is 8.04. The van der Waals surface area contributed by atoms with E-state index in [2.05, 4.69) is 18.5 Å². The van der Waals surface area contributed by atoms with Gasteiger partial charge in [0.15, 0.2) is 0 Å². The Morgan fingerprint density at radius 1 is 1.25 bits per heavy atom. The molecule has 0 aliphatic heterocycles. The SMILES string of the molecule is C=C(C)c1ccc(C(N)=NCCCC)cc1. The molecule has 0 aromatic heterocycles. The lowest BCUT2D eigenvalue weighted by atomic mass is 10.1. The molecule has 0 radical (unpaired) electrons. The van der Waals surface area contributed by atoms with E-state index in [-0.39, 0.29) is 0 Å². The molecule has 0 heterocycles. The van der Waals surface area contributed by atoms with Gasteiger partial charge in [0.2, 0.25) is 0 Å². The van der Waals surface area contributed by atoms with Gasteiger partial charge in [-0.1, -0.05) is 49.8 Å². The Balaban J connectivity index is 2.73. The zero-order valence-electron chi connectivity index (χ0n) is 10.2. The van der Waals surface area contributed by atoms with Crippen molar-refractivity contribution in [2.45, 2.75) is 26.7 Å². The first-order chi connectivity index (χ1) is 7.65. The first-order valence-electron chi connectivity index (χ1n) is 5.71. The van der Waals surface area contributed by atoms with Gasteiger partial charge in [0.1, 0.15) is 5.84 Å². The number of allylic oxidation sites excluding steroid dienone is 1. The molecular formula is C14H20N2. The van der Waals surface area contributed by atoms with Crippen LogP contribution in [0.25, 0.3) is 5.57 Å². The smallest absolute Gasteiger partial charge is 0.125 e. The molecule has 0 saturated carbocycles. The highest BCUT2D eigenvalue weighted by atomic mass is 14.8. The normalized spacial score (nSPS) is 11.5. The molecule has 16 heavy (non-hydrogen) atoms. The third kappa shape index (κ3) is 3.54. The van der Waals surface area contributed by atoms with Crippen LogP contribution < -0.4 is 5.73 Å². The van der Waals surface area contributed by atoms with Gasteiger partial charge in [-0.2, -0.15) is 0 Å². The maximum Gasteiger partial charge on any atom is 0.125 e. The lowest BCUT2D eigenvalue weighted by Crippen LogP contribution is -2.13. The number of hydrogen-bond acceptors (Lipinski definition) is 1. The van der Waals surface area contributed by atoms with Crippen LogP contribution in [0.4, 0.5) is 0 Å². The fraction of sp³-hybridized carbons (Fsp3) is 0.357. The van der Waals surface area contributed by atoms with Crippen LogP contribution in [0.2, 0.25) is 0 Å². The van der Waals surface area contributed by atoms with Crippen molar-refractivity contribution < 1.29 is 0 Å². The lowest BCUT2D eigenvalue weighted by Gasteiger charge is -2.03. The summed E-state index contributed by atoms with van der Waals surface area (Å²) in [6.07, 6.45) is 2.23. The van der Waals surface area contributed by atoms with E-state index < -0.39 is 0 Å². The molecule has 2 heteroatoms. The Hall–Kier alpha value is -1.57. The molecule has 0 amide bonds. The highest BCUT2D eigenvalue weighted by molar-refractivity contribution is 5.97. The highest BCUT2D eigenvalue weighted by Crippen LogP contribution is 2.12. The number of rotatable bonds is 5. The molecule has 0 saturated heterocycles. The predicted octanol–water partition coefficient (Wildman–Crippen LogP) is 3.23. The second-order valence-electron chi connectivity index (χ2n) is 3.98. The summed E-state index contributed by atoms with van der Waals surface area (Å²) in [4.78, 5) is 4.33. The Kier molecular flexibility index (Phi) is 4.77. The Morgan fingerprint density at radius 3 is 2.31 bits per heavy atom. The summed E-state index contributed by atoms with van der Waals surface area (Å²) < 4.78 is 0. The first kappa shape index (κ1) is 12.5. The Morgan fingerprint density at radius 2 is 1.81 bits per heavy atom. The third-order valence-corrected chi connectivity index (χ3v) is 2.47. The van der Waals surface area contributed by atoms with Crippen molar-refractivity contribution in [3.8, 4) is 0 Å². The predicted molar refractivity (Wildman–Crippen MR) is 71.6 cm³/mol. The van der Waals surface area contributed by atoms with Crippen LogP contribution >= 0.6 is 0 Å². The number of nitrogens with zero attached hydrogens (tertiary/aromatic N) is 1. The van der Waals surface area contributed by atoms with Crippen LogP contribution in [0.15, 0.2) is 35.8 Å². The van der Waals surface area contributed by atoms with Crippen LogP contribution in [0.1, 0.15) is 37.8 Å². The molecule has 86 valence electrons. The van der Waals surface area contributed by atoms with Gasteiger partial charge in [-0.15, -0.1) is 0 Å². The van der Waals surface area contributed by atoms with Crippen molar-refractivity contribution in [2.24, 2.45) is 10.7 Å². The van der Waals surface area contributed by atoms with E-state index >= 15 is 0 Å². The Labute approximate surface area is 97.9 Å². The van der Waals surface area contributed by atoms with E-state index in [1.54, 1.807) is 0 Å². The van der Waals surface area contributed by atoms with E-state index in [4.69, 9.17) is 5.73 Å². The minimum atomic E-state index is 0.627. The number of amidine groups is 1. The fourth-order valence-electron chi connectivity index (χ4n) is 1.37. The third-order valence-electron chi connectivity index (χ3n) is 2.47. The van der Waals surface area contributed by atoms with Crippen molar-refractivity contribution in [3.05, 3.63) is 42.0 Å². The maximum absolute atomic E-state index is 5.89. The second-order valence-corrected chi connectivity index (χ2v) is 3.98.